The Hall–Kier alpha value is 0.120. The van der Waals surface area contributed by atoms with Gasteiger partial charge in [-0.15, -0.1) is 0 Å². The molecule has 1 atom stereocenters. The molecule has 0 aromatic carbocycles. The van der Waals surface area contributed by atoms with E-state index in [9.17, 15) is 4.79 Å². The Balaban J connectivity index is 2.06. The Morgan fingerprint density at radius 3 is 3.07 bits per heavy atom. The van der Waals surface area contributed by atoms with Gasteiger partial charge in [0.25, 0.3) is 0 Å². The maximum absolute atomic E-state index is 11.0. The summed E-state index contributed by atoms with van der Waals surface area (Å²) in [5.41, 5.74) is 0. The zero-order chi connectivity index (χ0) is 10.4. The summed E-state index contributed by atoms with van der Waals surface area (Å²) in [4.78, 5) is 13.4. The minimum atomic E-state index is -0.0277. The van der Waals surface area contributed by atoms with Crippen molar-refractivity contribution >= 4 is 28.9 Å². The summed E-state index contributed by atoms with van der Waals surface area (Å²) in [6, 6.07) is 0.649. The highest BCUT2D eigenvalue weighted by Gasteiger charge is 2.20. The van der Waals surface area contributed by atoms with Crippen molar-refractivity contribution < 1.29 is 7.86 Å². The lowest BCUT2D eigenvalue weighted by Crippen LogP contribution is -2.33. The number of halogens is 1. The number of hydrogen-bond donors (Lipinski definition) is 1. The topological polar surface area (TPSA) is 41.6 Å². The minimum absolute atomic E-state index is 0.0277. The van der Waals surface area contributed by atoms with Crippen LogP contribution in [-0.4, -0.2) is 43.6 Å². The van der Waals surface area contributed by atoms with E-state index in [0.29, 0.717) is 6.04 Å². The molecule has 1 rings (SSSR count). The quantitative estimate of drug-likeness (QED) is 0.769. The van der Waals surface area contributed by atoms with Crippen LogP contribution < -0.4 is 5.32 Å². The molecule has 82 valence electrons. The molecule has 0 aromatic heterocycles. The van der Waals surface area contributed by atoms with Gasteiger partial charge < -0.3 is 13.3 Å². The molecule has 0 aliphatic carbocycles. The summed E-state index contributed by atoms with van der Waals surface area (Å²) >= 11 is 1.73. The molecule has 1 aliphatic rings. The zero-order valence-electron chi connectivity index (χ0n) is 8.46. The van der Waals surface area contributed by atoms with E-state index in [1.807, 2.05) is 0 Å². The Labute approximate surface area is 99.1 Å². The van der Waals surface area contributed by atoms with E-state index in [0.717, 1.165) is 13.0 Å². The van der Waals surface area contributed by atoms with E-state index in [-0.39, 0.29) is 12.5 Å². The van der Waals surface area contributed by atoms with Crippen LogP contribution in [0.25, 0.3) is 0 Å². The highest BCUT2D eigenvalue weighted by molar-refractivity contribution is 14.1. The minimum Gasteiger partial charge on any atom is -0.354 e. The van der Waals surface area contributed by atoms with Crippen molar-refractivity contribution in [1.29, 1.82) is 0 Å². The fourth-order valence-electron chi connectivity index (χ4n) is 1.82. The van der Waals surface area contributed by atoms with Crippen molar-refractivity contribution in [2.75, 3.05) is 26.7 Å². The van der Waals surface area contributed by atoms with Gasteiger partial charge >= 0.3 is 0 Å². The second-order valence-corrected chi connectivity index (χ2v) is 4.29. The fraction of sp³-hybridized carbons (Fsp3) is 0.889. The van der Waals surface area contributed by atoms with Gasteiger partial charge in [-0.2, -0.15) is 0 Å². The first-order valence-corrected chi connectivity index (χ1v) is 5.82. The number of carbonyl (C=O) groups excluding carboxylic acids is 1. The molecule has 0 radical (unpaired) electrons. The van der Waals surface area contributed by atoms with Gasteiger partial charge in [-0.05, 0) is 32.9 Å². The molecule has 5 heteroatoms. The third-order valence-corrected chi connectivity index (χ3v) is 2.97. The molecule has 1 aliphatic heterocycles. The molecule has 1 unspecified atom stereocenters. The summed E-state index contributed by atoms with van der Waals surface area (Å²) in [5.74, 6) is -0.0277. The van der Waals surface area contributed by atoms with E-state index in [1.54, 1.807) is 23.0 Å². The normalized spacial score (nSPS) is 22.6. The predicted molar refractivity (Wildman–Crippen MR) is 63.3 cm³/mol. The second kappa shape index (κ2) is 6.58. The van der Waals surface area contributed by atoms with E-state index in [4.69, 9.17) is 3.07 Å². The lowest BCUT2D eigenvalue weighted by molar-refractivity contribution is -0.122. The zero-order valence-corrected chi connectivity index (χ0v) is 10.6. The molecule has 1 saturated heterocycles. The Morgan fingerprint density at radius 1 is 1.71 bits per heavy atom. The average molecular weight is 312 g/mol. The number of likely N-dealkylation sites (tertiary alicyclic amines) is 1. The van der Waals surface area contributed by atoms with Gasteiger partial charge in [-0.25, -0.2) is 0 Å². The van der Waals surface area contributed by atoms with Crippen LogP contribution in [0.4, 0.5) is 0 Å². The standard InChI is InChI=1S/C9H17IN2O2/c1-12-6-2-3-8(12)4-5-11-9(13)7-14-10/h8H,2-7H2,1H3,(H,11,13). The lowest BCUT2D eigenvalue weighted by atomic mass is 10.1. The molecule has 1 fully saturated rings. The third kappa shape index (κ3) is 4.10. The number of carbonyl (C=O) groups is 1. The summed E-state index contributed by atoms with van der Waals surface area (Å²) < 4.78 is 4.69. The highest BCUT2D eigenvalue weighted by atomic mass is 127. The summed E-state index contributed by atoms with van der Waals surface area (Å²) in [6.07, 6.45) is 3.59. The first kappa shape index (κ1) is 12.2. The third-order valence-electron chi connectivity index (χ3n) is 2.66. The average Bonchev–Trinajstić information content (AvgIpc) is 2.52. The first-order valence-electron chi connectivity index (χ1n) is 4.94. The van der Waals surface area contributed by atoms with Crippen molar-refractivity contribution in [1.82, 2.24) is 10.2 Å². The maximum Gasteiger partial charge on any atom is 0.247 e. The smallest absolute Gasteiger partial charge is 0.247 e. The number of nitrogens with zero attached hydrogens (tertiary/aromatic N) is 1. The van der Waals surface area contributed by atoms with Crippen molar-refractivity contribution in [2.24, 2.45) is 0 Å². The van der Waals surface area contributed by atoms with E-state index in [2.05, 4.69) is 17.3 Å². The van der Waals surface area contributed by atoms with Crippen LogP contribution >= 0.6 is 23.0 Å². The lowest BCUT2D eigenvalue weighted by Gasteiger charge is -2.19. The van der Waals surface area contributed by atoms with Gasteiger partial charge in [0.15, 0.2) is 0 Å². The molecule has 0 spiro atoms. The number of rotatable bonds is 5. The van der Waals surface area contributed by atoms with E-state index < -0.39 is 0 Å². The maximum atomic E-state index is 11.0. The van der Waals surface area contributed by atoms with E-state index >= 15 is 0 Å². The number of nitrogens with one attached hydrogen (secondary N) is 1. The Bertz CT molecular complexity index is 190. The fourth-order valence-corrected chi connectivity index (χ4v) is 2.11. The van der Waals surface area contributed by atoms with Crippen molar-refractivity contribution in [3.8, 4) is 0 Å². The van der Waals surface area contributed by atoms with Crippen LogP contribution in [0.15, 0.2) is 0 Å². The molecular formula is C9H17IN2O2. The predicted octanol–water partition coefficient (Wildman–Crippen LogP) is 0.954. The van der Waals surface area contributed by atoms with Crippen LogP contribution in [0, 0.1) is 0 Å². The molecule has 14 heavy (non-hydrogen) atoms. The van der Waals surface area contributed by atoms with E-state index in [1.165, 1.54) is 19.4 Å². The molecule has 1 amide bonds. The van der Waals surface area contributed by atoms with Crippen LogP contribution in [0.3, 0.4) is 0 Å². The number of amides is 1. The van der Waals surface area contributed by atoms with Crippen LogP contribution in [0.5, 0.6) is 0 Å². The summed E-state index contributed by atoms with van der Waals surface area (Å²) in [6.45, 7) is 2.10. The van der Waals surface area contributed by atoms with Gasteiger partial charge in [0, 0.05) is 12.6 Å². The van der Waals surface area contributed by atoms with Crippen LogP contribution in [-0.2, 0) is 7.86 Å². The molecular weight excluding hydrogens is 295 g/mol. The Kier molecular flexibility index (Phi) is 5.73. The monoisotopic (exact) mass is 312 g/mol. The highest BCUT2D eigenvalue weighted by Crippen LogP contribution is 2.16. The summed E-state index contributed by atoms with van der Waals surface area (Å²) in [7, 11) is 2.15. The number of hydrogen-bond acceptors (Lipinski definition) is 3. The first-order chi connectivity index (χ1) is 6.74. The van der Waals surface area contributed by atoms with Crippen molar-refractivity contribution in [3.63, 3.8) is 0 Å². The van der Waals surface area contributed by atoms with Gasteiger partial charge in [-0.3, -0.25) is 4.79 Å². The van der Waals surface area contributed by atoms with Gasteiger partial charge in [0.2, 0.25) is 5.91 Å². The molecule has 1 heterocycles. The molecule has 0 bridgehead atoms. The Morgan fingerprint density at radius 2 is 2.50 bits per heavy atom. The van der Waals surface area contributed by atoms with Crippen molar-refractivity contribution in [2.45, 2.75) is 25.3 Å². The molecule has 1 N–H and O–H groups in total. The SMILES string of the molecule is CN1CCCC1CCNC(=O)COI. The van der Waals surface area contributed by atoms with Gasteiger partial charge in [0.1, 0.15) is 29.6 Å². The van der Waals surface area contributed by atoms with Gasteiger partial charge in [-0.1, -0.05) is 0 Å². The van der Waals surface area contributed by atoms with Crippen molar-refractivity contribution in [3.05, 3.63) is 0 Å². The van der Waals surface area contributed by atoms with Crippen LogP contribution in [0.2, 0.25) is 0 Å². The molecule has 0 saturated carbocycles. The molecule has 0 aromatic rings. The summed E-state index contributed by atoms with van der Waals surface area (Å²) in [5, 5.41) is 2.84. The molecule has 4 nitrogen and oxygen atoms in total. The second-order valence-electron chi connectivity index (χ2n) is 3.67. The van der Waals surface area contributed by atoms with Crippen LogP contribution in [0.1, 0.15) is 19.3 Å². The largest absolute Gasteiger partial charge is 0.354 e. The van der Waals surface area contributed by atoms with Gasteiger partial charge in [0.05, 0.1) is 0 Å².